The number of nitrogens with one attached hydrogen (secondary N) is 1. The van der Waals surface area contributed by atoms with E-state index in [1.807, 2.05) is 25.1 Å². The molecule has 0 unspecified atom stereocenters. The minimum Gasteiger partial charge on any atom is -0.356 e. The summed E-state index contributed by atoms with van der Waals surface area (Å²) in [5, 5.41) is 12.3. The molecule has 1 aromatic heterocycles. The molecule has 0 spiro atoms. The van der Waals surface area contributed by atoms with E-state index in [4.69, 9.17) is 5.26 Å². The summed E-state index contributed by atoms with van der Waals surface area (Å²) in [4.78, 5) is 11.6. The maximum Gasteiger partial charge on any atom is 0.136 e. The largest absolute Gasteiger partial charge is 0.356 e. The predicted octanol–water partition coefficient (Wildman–Crippen LogP) is 4.86. The zero-order valence-corrected chi connectivity index (χ0v) is 16.7. The Hall–Kier alpha value is -3.39. The molecule has 146 valence electrons. The highest BCUT2D eigenvalue weighted by Crippen LogP contribution is 2.26. The third-order valence-corrected chi connectivity index (χ3v) is 5.42. The Morgan fingerprint density at radius 2 is 1.76 bits per heavy atom. The second-order valence-corrected chi connectivity index (χ2v) is 7.59. The topological polar surface area (TPSA) is 64.8 Å². The van der Waals surface area contributed by atoms with Gasteiger partial charge in [0.25, 0.3) is 0 Å². The molecule has 1 saturated heterocycles. The Morgan fingerprint density at radius 3 is 2.45 bits per heavy atom. The number of hydrogen-bond donors (Lipinski definition) is 1. The average Bonchev–Trinajstić information content (AvgIpc) is 2.75. The first kappa shape index (κ1) is 18.9. The Kier molecular flexibility index (Phi) is 5.71. The zero-order chi connectivity index (χ0) is 20.1. The fourth-order valence-electron chi connectivity index (χ4n) is 3.87. The molecule has 29 heavy (non-hydrogen) atoms. The van der Waals surface area contributed by atoms with Crippen LogP contribution in [0.3, 0.4) is 0 Å². The number of anilines is 3. The molecular weight excluding hydrogens is 358 g/mol. The van der Waals surface area contributed by atoms with E-state index < -0.39 is 0 Å². The van der Waals surface area contributed by atoms with Crippen LogP contribution in [0.4, 0.5) is 17.3 Å². The molecule has 0 radical (unpaired) electrons. The van der Waals surface area contributed by atoms with Crippen molar-refractivity contribution in [3.63, 3.8) is 0 Å². The van der Waals surface area contributed by atoms with E-state index in [0.717, 1.165) is 48.6 Å². The van der Waals surface area contributed by atoms with Crippen LogP contribution < -0.4 is 10.2 Å². The van der Waals surface area contributed by atoms with Crippen LogP contribution in [-0.2, 0) is 6.42 Å². The van der Waals surface area contributed by atoms with E-state index in [1.54, 1.807) is 12.1 Å². The van der Waals surface area contributed by atoms with Crippen molar-refractivity contribution < 1.29 is 0 Å². The second-order valence-electron chi connectivity index (χ2n) is 7.59. The van der Waals surface area contributed by atoms with E-state index in [-0.39, 0.29) is 0 Å². The van der Waals surface area contributed by atoms with Crippen molar-refractivity contribution in [2.75, 3.05) is 23.3 Å². The summed E-state index contributed by atoms with van der Waals surface area (Å²) < 4.78 is 0. The van der Waals surface area contributed by atoms with Crippen molar-refractivity contribution in [3.05, 3.63) is 77.6 Å². The van der Waals surface area contributed by atoms with Gasteiger partial charge in [-0.3, -0.25) is 0 Å². The third-order valence-electron chi connectivity index (χ3n) is 5.42. The van der Waals surface area contributed by atoms with Gasteiger partial charge in [-0.05, 0) is 61.9 Å². The normalized spacial score (nSPS) is 14.4. The van der Waals surface area contributed by atoms with E-state index in [9.17, 15) is 0 Å². The lowest BCUT2D eigenvalue weighted by Crippen LogP contribution is -2.35. The highest BCUT2D eigenvalue weighted by Gasteiger charge is 2.21. The molecule has 0 bridgehead atoms. The molecule has 0 aliphatic carbocycles. The Morgan fingerprint density at radius 1 is 1.03 bits per heavy atom. The molecule has 1 aliphatic rings. The summed E-state index contributed by atoms with van der Waals surface area (Å²) in [6, 6.07) is 22.3. The van der Waals surface area contributed by atoms with Gasteiger partial charge in [-0.25, -0.2) is 9.97 Å². The summed E-state index contributed by atoms with van der Waals surface area (Å²) >= 11 is 0. The van der Waals surface area contributed by atoms with Gasteiger partial charge in [0.05, 0.1) is 11.6 Å². The van der Waals surface area contributed by atoms with Gasteiger partial charge in [0.1, 0.15) is 17.5 Å². The van der Waals surface area contributed by atoms with Crippen LogP contribution >= 0.6 is 0 Å². The van der Waals surface area contributed by atoms with Gasteiger partial charge in [-0.2, -0.15) is 5.26 Å². The monoisotopic (exact) mass is 383 g/mol. The smallest absolute Gasteiger partial charge is 0.136 e. The van der Waals surface area contributed by atoms with Gasteiger partial charge in [-0.15, -0.1) is 0 Å². The fourth-order valence-corrected chi connectivity index (χ4v) is 3.87. The van der Waals surface area contributed by atoms with Crippen molar-refractivity contribution in [1.29, 1.82) is 5.26 Å². The molecule has 1 aliphatic heterocycles. The van der Waals surface area contributed by atoms with Gasteiger partial charge in [0, 0.05) is 24.8 Å². The van der Waals surface area contributed by atoms with Gasteiger partial charge in [0.15, 0.2) is 0 Å². The molecule has 5 heteroatoms. The van der Waals surface area contributed by atoms with E-state index in [0.29, 0.717) is 5.56 Å². The molecule has 2 heterocycles. The first-order valence-corrected chi connectivity index (χ1v) is 10.1. The maximum absolute atomic E-state index is 8.94. The summed E-state index contributed by atoms with van der Waals surface area (Å²) in [5.41, 5.74) is 2.99. The quantitative estimate of drug-likeness (QED) is 0.682. The lowest BCUT2D eigenvalue weighted by molar-refractivity contribution is 0.402. The van der Waals surface area contributed by atoms with Crippen molar-refractivity contribution in [1.82, 2.24) is 9.97 Å². The van der Waals surface area contributed by atoms with Gasteiger partial charge in [-0.1, -0.05) is 30.3 Å². The van der Waals surface area contributed by atoms with Crippen LogP contribution in [0.25, 0.3) is 0 Å². The number of aromatic nitrogens is 2. The maximum atomic E-state index is 8.94. The number of benzene rings is 2. The standard InChI is InChI=1S/C24H25N5/c1-18-26-23(28-22-9-7-21(17-25)8-10-22)16-24(27-18)29-13-11-20(12-14-29)15-19-5-3-2-4-6-19/h2-10,16,20H,11-15H2,1H3,(H,26,27,28). The molecule has 0 atom stereocenters. The summed E-state index contributed by atoms with van der Waals surface area (Å²) in [5.74, 6) is 3.24. The molecule has 2 aromatic carbocycles. The van der Waals surface area contributed by atoms with E-state index in [2.05, 4.69) is 56.6 Å². The van der Waals surface area contributed by atoms with Crippen LogP contribution in [0.5, 0.6) is 0 Å². The first-order valence-electron chi connectivity index (χ1n) is 10.1. The SMILES string of the molecule is Cc1nc(Nc2ccc(C#N)cc2)cc(N2CCC(Cc3ccccc3)CC2)n1. The number of piperidine rings is 1. The van der Waals surface area contributed by atoms with Gasteiger partial charge in [0.2, 0.25) is 0 Å². The van der Waals surface area contributed by atoms with Gasteiger partial charge >= 0.3 is 0 Å². The van der Waals surface area contributed by atoms with Crippen molar-refractivity contribution in [2.24, 2.45) is 5.92 Å². The molecule has 0 amide bonds. The molecular formula is C24H25N5. The molecule has 3 aromatic rings. The molecule has 5 nitrogen and oxygen atoms in total. The molecule has 1 N–H and O–H groups in total. The summed E-state index contributed by atoms with van der Waals surface area (Å²) in [6.45, 7) is 3.96. The Labute approximate surface area is 172 Å². The molecule has 1 fully saturated rings. The van der Waals surface area contributed by atoms with Crippen molar-refractivity contribution in [2.45, 2.75) is 26.2 Å². The third kappa shape index (κ3) is 4.91. The van der Waals surface area contributed by atoms with E-state index in [1.165, 1.54) is 18.4 Å². The first-order chi connectivity index (χ1) is 14.2. The van der Waals surface area contributed by atoms with Crippen LogP contribution in [0.1, 0.15) is 29.8 Å². The molecule has 0 saturated carbocycles. The number of nitriles is 1. The van der Waals surface area contributed by atoms with E-state index >= 15 is 0 Å². The highest BCUT2D eigenvalue weighted by molar-refractivity contribution is 5.60. The fraction of sp³-hybridized carbons (Fsp3) is 0.292. The van der Waals surface area contributed by atoms with Crippen LogP contribution in [0.15, 0.2) is 60.7 Å². The minimum atomic E-state index is 0.647. The predicted molar refractivity (Wildman–Crippen MR) is 116 cm³/mol. The van der Waals surface area contributed by atoms with Crippen molar-refractivity contribution in [3.8, 4) is 6.07 Å². The number of hydrogen-bond acceptors (Lipinski definition) is 5. The molecule has 4 rings (SSSR count). The number of aryl methyl sites for hydroxylation is 1. The summed E-state index contributed by atoms with van der Waals surface area (Å²) in [6.07, 6.45) is 3.51. The number of nitrogens with zero attached hydrogens (tertiary/aromatic N) is 4. The Balaban J connectivity index is 1.40. The van der Waals surface area contributed by atoms with Gasteiger partial charge < -0.3 is 10.2 Å². The summed E-state index contributed by atoms with van der Waals surface area (Å²) in [7, 11) is 0. The van der Waals surface area contributed by atoms with Crippen LogP contribution in [-0.4, -0.2) is 23.1 Å². The lowest BCUT2D eigenvalue weighted by Gasteiger charge is -2.33. The number of rotatable bonds is 5. The van der Waals surface area contributed by atoms with Crippen LogP contribution in [0, 0.1) is 24.2 Å². The second kappa shape index (κ2) is 8.74. The van der Waals surface area contributed by atoms with Crippen molar-refractivity contribution >= 4 is 17.3 Å². The highest BCUT2D eigenvalue weighted by atomic mass is 15.2. The average molecular weight is 383 g/mol. The lowest BCUT2D eigenvalue weighted by atomic mass is 9.90. The Bertz CT molecular complexity index is 984. The van der Waals surface area contributed by atoms with Crippen LogP contribution in [0.2, 0.25) is 0 Å². The minimum absolute atomic E-state index is 0.647. The zero-order valence-electron chi connectivity index (χ0n) is 16.7.